The number of imidazole rings is 1. The molecule has 0 unspecified atom stereocenters. The van der Waals surface area contributed by atoms with Crippen LogP contribution < -0.4 is 5.69 Å². The number of aromatic nitrogens is 2. The van der Waals surface area contributed by atoms with Crippen LogP contribution in [0.3, 0.4) is 0 Å². The number of aromatic amines is 2. The van der Waals surface area contributed by atoms with E-state index in [2.05, 4.69) is 9.97 Å². The van der Waals surface area contributed by atoms with E-state index in [0.717, 1.165) is 17.5 Å². The van der Waals surface area contributed by atoms with Crippen molar-refractivity contribution in [2.75, 3.05) is 33.3 Å². The van der Waals surface area contributed by atoms with Gasteiger partial charge in [-0.1, -0.05) is 6.07 Å². The zero-order valence-corrected chi connectivity index (χ0v) is 13.5. The van der Waals surface area contributed by atoms with Crippen LogP contribution in [0.2, 0.25) is 0 Å². The van der Waals surface area contributed by atoms with E-state index in [4.69, 9.17) is 4.74 Å². The lowest BCUT2D eigenvalue weighted by Gasteiger charge is -2.21. The molecule has 0 aliphatic carbocycles. The molecule has 2 N–H and O–H groups in total. The smallest absolute Gasteiger partial charge is 0.409 e. The minimum atomic E-state index is -0.355. The number of hydrogen-bond acceptors (Lipinski definition) is 4. The van der Waals surface area contributed by atoms with E-state index in [1.807, 2.05) is 12.1 Å². The van der Waals surface area contributed by atoms with Crippen LogP contribution in [-0.4, -0.2) is 65.1 Å². The van der Waals surface area contributed by atoms with E-state index in [1.54, 1.807) is 15.9 Å². The Bertz CT molecular complexity index is 810. The Kier molecular flexibility index (Phi) is 4.54. The number of hydrogen-bond donors (Lipinski definition) is 2. The largest absolute Gasteiger partial charge is 0.453 e. The van der Waals surface area contributed by atoms with Crippen LogP contribution in [-0.2, 0) is 16.0 Å². The number of nitrogens with zero attached hydrogens (tertiary/aromatic N) is 2. The van der Waals surface area contributed by atoms with Gasteiger partial charge < -0.3 is 24.5 Å². The first-order valence-electron chi connectivity index (χ1n) is 7.88. The Morgan fingerprint density at radius 3 is 2.58 bits per heavy atom. The molecular formula is C16H20N4O4. The molecule has 128 valence electrons. The maximum Gasteiger partial charge on any atom is 0.409 e. The maximum atomic E-state index is 12.5. The van der Waals surface area contributed by atoms with E-state index in [9.17, 15) is 14.4 Å². The summed E-state index contributed by atoms with van der Waals surface area (Å²) in [5, 5.41) is 0. The Hall–Kier alpha value is -2.77. The van der Waals surface area contributed by atoms with Crippen molar-refractivity contribution >= 4 is 23.0 Å². The van der Waals surface area contributed by atoms with Crippen molar-refractivity contribution in [1.29, 1.82) is 0 Å². The van der Waals surface area contributed by atoms with Crippen molar-refractivity contribution < 1.29 is 14.3 Å². The van der Waals surface area contributed by atoms with E-state index in [1.165, 1.54) is 7.11 Å². The third-order valence-corrected chi connectivity index (χ3v) is 4.22. The van der Waals surface area contributed by atoms with Gasteiger partial charge in [0.2, 0.25) is 5.91 Å². The monoisotopic (exact) mass is 332 g/mol. The van der Waals surface area contributed by atoms with Crippen LogP contribution in [0.15, 0.2) is 23.0 Å². The molecule has 0 bridgehead atoms. The molecule has 2 aromatic rings. The molecule has 2 heterocycles. The quantitative estimate of drug-likeness (QED) is 0.846. The van der Waals surface area contributed by atoms with E-state index < -0.39 is 0 Å². The first-order valence-corrected chi connectivity index (χ1v) is 7.88. The molecule has 8 nitrogen and oxygen atoms in total. The summed E-state index contributed by atoms with van der Waals surface area (Å²) >= 11 is 0. The zero-order chi connectivity index (χ0) is 17.1. The third-order valence-electron chi connectivity index (χ3n) is 4.22. The van der Waals surface area contributed by atoms with Crippen molar-refractivity contribution in [3.8, 4) is 0 Å². The fourth-order valence-electron chi connectivity index (χ4n) is 2.95. The summed E-state index contributed by atoms with van der Waals surface area (Å²) in [4.78, 5) is 44.1. The summed E-state index contributed by atoms with van der Waals surface area (Å²) in [5.74, 6) is 0.0129. The van der Waals surface area contributed by atoms with Crippen molar-refractivity contribution in [2.24, 2.45) is 0 Å². The van der Waals surface area contributed by atoms with Gasteiger partial charge in [-0.25, -0.2) is 9.59 Å². The van der Waals surface area contributed by atoms with Crippen LogP contribution in [0.25, 0.3) is 11.0 Å². The normalized spacial score (nSPS) is 15.4. The molecular weight excluding hydrogens is 312 g/mol. The second-order valence-corrected chi connectivity index (χ2v) is 5.83. The third kappa shape index (κ3) is 3.42. The van der Waals surface area contributed by atoms with Crippen molar-refractivity contribution in [2.45, 2.75) is 12.8 Å². The number of amides is 2. The van der Waals surface area contributed by atoms with Gasteiger partial charge in [0.05, 0.1) is 24.6 Å². The molecule has 1 aromatic heterocycles. The summed E-state index contributed by atoms with van der Waals surface area (Å²) in [6, 6.07) is 5.43. The SMILES string of the molecule is COC(=O)N1CCCN(C(=O)Cc2ccc3[nH]c(=O)[nH]c3c2)CC1. The van der Waals surface area contributed by atoms with Crippen LogP contribution in [0.1, 0.15) is 12.0 Å². The summed E-state index contributed by atoms with van der Waals surface area (Å²) < 4.78 is 4.73. The molecule has 1 aliphatic heterocycles. The van der Waals surface area contributed by atoms with Gasteiger partial charge in [0.15, 0.2) is 0 Å². The lowest BCUT2D eigenvalue weighted by atomic mass is 10.1. The van der Waals surface area contributed by atoms with Gasteiger partial charge in [-0.15, -0.1) is 0 Å². The van der Waals surface area contributed by atoms with E-state index in [0.29, 0.717) is 31.7 Å². The zero-order valence-electron chi connectivity index (χ0n) is 13.5. The van der Waals surface area contributed by atoms with Gasteiger partial charge in [-0.05, 0) is 24.1 Å². The standard InChI is InChI=1S/C16H20N4O4/c1-24-16(23)20-6-2-5-19(7-8-20)14(21)10-11-3-4-12-13(9-11)18-15(22)17-12/h3-4,9H,2,5-8,10H2,1H3,(H2,17,18,22). The molecule has 1 aliphatic rings. The van der Waals surface area contributed by atoms with Gasteiger partial charge in [0.1, 0.15) is 0 Å². The lowest BCUT2D eigenvalue weighted by molar-refractivity contribution is -0.130. The highest BCUT2D eigenvalue weighted by Crippen LogP contribution is 2.13. The Morgan fingerprint density at radius 2 is 1.79 bits per heavy atom. The minimum absolute atomic E-state index is 0.0129. The number of carbonyl (C=O) groups excluding carboxylic acids is 2. The Morgan fingerprint density at radius 1 is 1.08 bits per heavy atom. The topological polar surface area (TPSA) is 98.5 Å². The fourth-order valence-corrected chi connectivity index (χ4v) is 2.95. The summed E-state index contributed by atoms with van der Waals surface area (Å²) in [5.41, 5.74) is 2.00. The maximum absolute atomic E-state index is 12.5. The van der Waals surface area contributed by atoms with Crippen molar-refractivity contribution in [3.63, 3.8) is 0 Å². The molecule has 0 saturated carbocycles. The molecule has 24 heavy (non-hydrogen) atoms. The predicted molar refractivity (Wildman–Crippen MR) is 87.8 cm³/mol. The Balaban J connectivity index is 1.65. The number of H-pyrrole nitrogens is 2. The van der Waals surface area contributed by atoms with Crippen LogP contribution in [0, 0.1) is 0 Å². The van der Waals surface area contributed by atoms with Gasteiger partial charge >= 0.3 is 11.8 Å². The molecule has 1 fully saturated rings. The Labute approximate surface area is 138 Å². The molecule has 1 aromatic carbocycles. The number of carbonyl (C=O) groups is 2. The van der Waals surface area contributed by atoms with E-state index >= 15 is 0 Å². The number of nitrogens with one attached hydrogen (secondary N) is 2. The molecule has 8 heteroatoms. The number of fused-ring (bicyclic) bond motifs is 1. The molecule has 0 spiro atoms. The molecule has 0 atom stereocenters. The van der Waals surface area contributed by atoms with Gasteiger partial charge in [0, 0.05) is 26.2 Å². The number of ether oxygens (including phenoxy) is 1. The summed E-state index contributed by atoms with van der Waals surface area (Å²) in [6.45, 7) is 2.18. The number of benzene rings is 1. The fraction of sp³-hybridized carbons (Fsp3) is 0.438. The highest BCUT2D eigenvalue weighted by molar-refractivity contribution is 5.81. The first-order chi connectivity index (χ1) is 11.6. The number of methoxy groups -OCH3 is 1. The van der Waals surface area contributed by atoms with Crippen LogP contribution in [0.5, 0.6) is 0 Å². The van der Waals surface area contributed by atoms with Crippen molar-refractivity contribution in [3.05, 3.63) is 34.2 Å². The average Bonchev–Trinajstić information content (AvgIpc) is 2.78. The van der Waals surface area contributed by atoms with Gasteiger partial charge in [0.25, 0.3) is 0 Å². The number of rotatable bonds is 2. The molecule has 3 rings (SSSR count). The van der Waals surface area contributed by atoms with Gasteiger partial charge in [-0.3, -0.25) is 4.79 Å². The van der Waals surface area contributed by atoms with Gasteiger partial charge in [-0.2, -0.15) is 0 Å². The van der Waals surface area contributed by atoms with Crippen molar-refractivity contribution in [1.82, 2.24) is 19.8 Å². The lowest BCUT2D eigenvalue weighted by Crippen LogP contribution is -2.37. The molecule has 1 saturated heterocycles. The van der Waals surface area contributed by atoms with Crippen LogP contribution in [0.4, 0.5) is 4.79 Å². The second-order valence-electron chi connectivity index (χ2n) is 5.83. The predicted octanol–water partition coefficient (Wildman–Crippen LogP) is 0.699. The highest BCUT2D eigenvalue weighted by atomic mass is 16.5. The minimum Gasteiger partial charge on any atom is -0.453 e. The summed E-state index contributed by atoms with van der Waals surface area (Å²) in [7, 11) is 1.36. The average molecular weight is 332 g/mol. The first kappa shape index (κ1) is 16.1. The molecule has 0 radical (unpaired) electrons. The molecule has 2 amide bonds. The van der Waals surface area contributed by atoms with E-state index in [-0.39, 0.29) is 24.1 Å². The highest BCUT2D eigenvalue weighted by Gasteiger charge is 2.22. The van der Waals surface area contributed by atoms with Crippen LogP contribution >= 0.6 is 0 Å². The second kappa shape index (κ2) is 6.77. The summed E-state index contributed by atoms with van der Waals surface area (Å²) in [6.07, 6.45) is 0.637.